The Kier molecular flexibility index (Phi) is 4.69. The highest BCUT2D eigenvalue weighted by atomic mass is 19.4. The third kappa shape index (κ3) is 4.05. The fraction of sp³-hybridized carbons (Fsp3) is 0.263. The van der Waals surface area contributed by atoms with Crippen molar-refractivity contribution in [3.63, 3.8) is 0 Å². The van der Waals surface area contributed by atoms with E-state index in [9.17, 15) is 18.0 Å². The average Bonchev–Trinajstić information content (AvgIpc) is 3.45. The fourth-order valence-corrected chi connectivity index (χ4v) is 2.75. The van der Waals surface area contributed by atoms with Gasteiger partial charge in [-0.05, 0) is 25.0 Å². The molecule has 0 bridgehead atoms. The average molecular weight is 403 g/mol. The Morgan fingerprint density at radius 1 is 1.17 bits per heavy atom. The fourth-order valence-electron chi connectivity index (χ4n) is 2.75. The van der Waals surface area contributed by atoms with Crippen molar-refractivity contribution in [3.05, 3.63) is 54.2 Å². The molecule has 7 nitrogen and oxygen atoms in total. The van der Waals surface area contributed by atoms with Gasteiger partial charge in [0, 0.05) is 18.7 Å². The van der Waals surface area contributed by atoms with Gasteiger partial charge in [-0.3, -0.25) is 4.79 Å². The summed E-state index contributed by atoms with van der Waals surface area (Å²) in [6, 6.07) is 8.44. The molecule has 0 unspecified atom stereocenters. The van der Waals surface area contributed by atoms with Crippen molar-refractivity contribution >= 4 is 17.5 Å². The van der Waals surface area contributed by atoms with Gasteiger partial charge < -0.3 is 14.6 Å². The maximum absolute atomic E-state index is 13.4. The number of alkyl halides is 3. The second kappa shape index (κ2) is 7.19. The Bertz CT molecular complexity index is 1010. The molecular weight excluding hydrogens is 387 g/mol. The number of amides is 1. The molecule has 3 aromatic rings. The number of nitrogens with one attached hydrogen (secondary N) is 1. The number of aromatic nitrogens is 3. The van der Waals surface area contributed by atoms with Crippen LogP contribution in [0.4, 0.5) is 24.8 Å². The van der Waals surface area contributed by atoms with Crippen LogP contribution in [0.2, 0.25) is 0 Å². The molecular formula is C19H16F3N5O2. The zero-order valence-corrected chi connectivity index (χ0v) is 15.3. The van der Waals surface area contributed by atoms with E-state index < -0.39 is 23.5 Å². The largest absolute Gasteiger partial charge is 0.452 e. The summed E-state index contributed by atoms with van der Waals surface area (Å²) in [5.74, 6) is -2.33. The predicted molar refractivity (Wildman–Crippen MR) is 98.4 cm³/mol. The van der Waals surface area contributed by atoms with Gasteiger partial charge in [-0.25, -0.2) is 15.0 Å². The van der Waals surface area contributed by atoms with Crippen molar-refractivity contribution in [2.45, 2.75) is 25.1 Å². The van der Waals surface area contributed by atoms with Gasteiger partial charge in [-0.1, -0.05) is 18.2 Å². The SMILES string of the molecule is CN(c1ncc(NC(=O)c2nc(-c3ccccc3)oc2C(F)(F)F)cn1)C1CC1. The van der Waals surface area contributed by atoms with Gasteiger partial charge in [0.25, 0.3) is 5.91 Å². The van der Waals surface area contributed by atoms with Crippen LogP contribution in [0.3, 0.4) is 0 Å². The van der Waals surface area contributed by atoms with E-state index in [-0.39, 0.29) is 11.6 Å². The van der Waals surface area contributed by atoms with Crippen LogP contribution in [0.25, 0.3) is 11.5 Å². The Labute approximate surface area is 163 Å². The van der Waals surface area contributed by atoms with Crippen molar-refractivity contribution in [2.75, 3.05) is 17.3 Å². The minimum Gasteiger partial charge on any atom is -0.431 e. The highest BCUT2D eigenvalue weighted by Gasteiger charge is 2.42. The first kappa shape index (κ1) is 18.9. The zero-order chi connectivity index (χ0) is 20.6. The third-order valence-corrected chi connectivity index (χ3v) is 4.43. The molecule has 1 N–H and O–H groups in total. The molecule has 0 saturated heterocycles. The third-order valence-electron chi connectivity index (χ3n) is 4.43. The molecule has 150 valence electrons. The van der Waals surface area contributed by atoms with Crippen LogP contribution in [0.5, 0.6) is 0 Å². The molecule has 1 aliphatic rings. The molecule has 1 saturated carbocycles. The normalized spacial score (nSPS) is 13.9. The monoisotopic (exact) mass is 403 g/mol. The Hall–Kier alpha value is -3.43. The molecule has 1 aliphatic carbocycles. The number of carbonyl (C=O) groups is 1. The summed E-state index contributed by atoms with van der Waals surface area (Å²) in [5, 5.41) is 2.34. The van der Waals surface area contributed by atoms with Gasteiger partial charge in [-0.2, -0.15) is 13.2 Å². The van der Waals surface area contributed by atoms with E-state index in [1.807, 2.05) is 11.9 Å². The number of rotatable bonds is 5. The van der Waals surface area contributed by atoms with Crippen LogP contribution < -0.4 is 10.2 Å². The Balaban J connectivity index is 1.58. The van der Waals surface area contributed by atoms with E-state index in [1.165, 1.54) is 24.5 Å². The summed E-state index contributed by atoms with van der Waals surface area (Å²) in [5.41, 5.74) is -0.372. The first-order chi connectivity index (χ1) is 13.8. The smallest absolute Gasteiger partial charge is 0.431 e. The predicted octanol–water partition coefficient (Wildman–Crippen LogP) is 4.00. The van der Waals surface area contributed by atoms with Gasteiger partial charge in [0.15, 0.2) is 5.69 Å². The van der Waals surface area contributed by atoms with E-state index in [2.05, 4.69) is 20.3 Å². The minimum atomic E-state index is -4.87. The molecule has 2 heterocycles. The van der Waals surface area contributed by atoms with Crippen LogP contribution in [-0.2, 0) is 6.18 Å². The van der Waals surface area contributed by atoms with Gasteiger partial charge in [0.2, 0.25) is 17.6 Å². The number of carbonyl (C=O) groups excluding carboxylic acids is 1. The van der Waals surface area contributed by atoms with Crippen molar-refractivity contribution in [3.8, 4) is 11.5 Å². The summed E-state index contributed by atoms with van der Waals surface area (Å²) in [4.78, 5) is 26.4. The number of benzene rings is 1. The first-order valence-electron chi connectivity index (χ1n) is 8.82. The highest BCUT2D eigenvalue weighted by molar-refractivity contribution is 6.03. The molecule has 0 radical (unpaired) electrons. The standard InChI is InChI=1S/C19H16F3N5O2/c1-27(13-7-8-13)18-23-9-12(10-24-18)25-16(28)14-15(19(20,21)22)29-17(26-14)11-5-3-2-4-6-11/h2-6,9-10,13H,7-8H2,1H3,(H,25,28). The van der Waals surface area contributed by atoms with Crippen LogP contribution in [0, 0.1) is 0 Å². The molecule has 4 rings (SSSR count). The zero-order valence-electron chi connectivity index (χ0n) is 15.3. The number of nitrogens with zero attached hydrogens (tertiary/aromatic N) is 4. The van der Waals surface area contributed by atoms with Crippen molar-refractivity contribution < 1.29 is 22.4 Å². The highest BCUT2D eigenvalue weighted by Crippen LogP contribution is 2.35. The summed E-state index contributed by atoms with van der Waals surface area (Å²) >= 11 is 0. The van der Waals surface area contributed by atoms with E-state index in [1.54, 1.807) is 18.2 Å². The topological polar surface area (TPSA) is 84.2 Å². The molecule has 10 heteroatoms. The molecule has 0 aliphatic heterocycles. The summed E-state index contributed by atoms with van der Waals surface area (Å²) in [6.45, 7) is 0. The molecule has 1 amide bonds. The number of hydrogen-bond donors (Lipinski definition) is 1. The van der Waals surface area contributed by atoms with Gasteiger partial charge in [-0.15, -0.1) is 0 Å². The van der Waals surface area contributed by atoms with Crippen LogP contribution in [0.1, 0.15) is 29.1 Å². The van der Waals surface area contributed by atoms with Gasteiger partial charge in [0.1, 0.15) is 0 Å². The molecule has 29 heavy (non-hydrogen) atoms. The van der Waals surface area contributed by atoms with E-state index in [0.29, 0.717) is 17.6 Å². The second-order valence-electron chi connectivity index (χ2n) is 6.63. The molecule has 1 aromatic carbocycles. The Morgan fingerprint density at radius 3 is 2.41 bits per heavy atom. The number of oxazole rings is 1. The minimum absolute atomic E-state index is 0.153. The first-order valence-corrected chi connectivity index (χ1v) is 8.82. The number of anilines is 2. The Morgan fingerprint density at radius 2 is 1.83 bits per heavy atom. The maximum Gasteiger partial charge on any atom is 0.452 e. The summed E-state index contributed by atoms with van der Waals surface area (Å²) in [6.07, 6.45) is -0.0713. The lowest BCUT2D eigenvalue weighted by Gasteiger charge is -2.15. The van der Waals surface area contributed by atoms with Gasteiger partial charge >= 0.3 is 6.18 Å². The van der Waals surface area contributed by atoms with Crippen molar-refractivity contribution in [1.82, 2.24) is 15.0 Å². The van der Waals surface area contributed by atoms with Crippen LogP contribution in [-0.4, -0.2) is 33.9 Å². The van der Waals surface area contributed by atoms with Crippen molar-refractivity contribution in [2.24, 2.45) is 0 Å². The molecule has 0 atom stereocenters. The van der Waals surface area contributed by atoms with E-state index in [0.717, 1.165) is 12.8 Å². The number of halogens is 3. The maximum atomic E-state index is 13.4. The number of hydrogen-bond acceptors (Lipinski definition) is 6. The lowest BCUT2D eigenvalue weighted by atomic mass is 10.2. The summed E-state index contributed by atoms with van der Waals surface area (Å²) < 4.78 is 44.9. The molecule has 1 fully saturated rings. The van der Waals surface area contributed by atoms with Crippen LogP contribution >= 0.6 is 0 Å². The van der Waals surface area contributed by atoms with Gasteiger partial charge in [0.05, 0.1) is 18.1 Å². The lowest BCUT2D eigenvalue weighted by molar-refractivity contribution is -0.153. The van der Waals surface area contributed by atoms with Crippen molar-refractivity contribution in [1.29, 1.82) is 0 Å². The lowest BCUT2D eigenvalue weighted by Crippen LogP contribution is -2.22. The molecule has 2 aromatic heterocycles. The van der Waals surface area contributed by atoms with E-state index in [4.69, 9.17) is 4.42 Å². The quantitative estimate of drug-likeness (QED) is 0.693. The molecule has 0 spiro atoms. The second-order valence-corrected chi connectivity index (χ2v) is 6.63. The summed E-state index contributed by atoms with van der Waals surface area (Å²) in [7, 11) is 1.86. The van der Waals surface area contributed by atoms with Crippen LogP contribution in [0.15, 0.2) is 47.1 Å². The van der Waals surface area contributed by atoms with E-state index >= 15 is 0 Å².